The maximum absolute atomic E-state index is 14.1. The molecular weight excluding hydrogens is 406 g/mol. The van der Waals surface area contributed by atoms with E-state index in [4.69, 9.17) is 4.74 Å². The third-order valence-electron chi connectivity index (χ3n) is 4.67. The van der Waals surface area contributed by atoms with Crippen LogP contribution in [0.5, 0.6) is 5.75 Å². The first-order valence-electron chi connectivity index (χ1n) is 10.9. The van der Waals surface area contributed by atoms with Crippen molar-refractivity contribution in [1.82, 2.24) is 0 Å². The van der Waals surface area contributed by atoms with Crippen molar-refractivity contribution in [2.75, 3.05) is 6.61 Å². The van der Waals surface area contributed by atoms with Gasteiger partial charge in [-0.25, -0.2) is 8.78 Å². The van der Waals surface area contributed by atoms with Crippen LogP contribution in [0.3, 0.4) is 0 Å². The molecule has 0 N–H and O–H groups in total. The Morgan fingerprint density at radius 3 is 2.41 bits per heavy atom. The Balaban J connectivity index is 1.99. The average Bonchev–Trinajstić information content (AvgIpc) is 2.79. The molecule has 0 bridgehead atoms. The molecular formula is C27H30F2N2O. The van der Waals surface area contributed by atoms with Crippen molar-refractivity contribution in [3.63, 3.8) is 0 Å². The number of aryl methyl sites for hydroxylation is 1. The highest BCUT2D eigenvalue weighted by Crippen LogP contribution is 2.20. The molecule has 0 aliphatic rings. The highest BCUT2D eigenvalue weighted by molar-refractivity contribution is 5.41. The van der Waals surface area contributed by atoms with Crippen molar-refractivity contribution in [2.45, 2.75) is 47.0 Å². The molecule has 3 nitrogen and oxygen atoms in total. The van der Waals surface area contributed by atoms with Crippen molar-refractivity contribution < 1.29 is 13.5 Å². The minimum atomic E-state index is -0.629. The quantitative estimate of drug-likeness (QED) is 0.170. The SMILES string of the molecule is C/C=C(\C=C/C(C)C#Cc1c(F)cc(CC)cc1F)N=Nc1ccc(OCCCC)cc1. The maximum Gasteiger partial charge on any atom is 0.142 e. The monoisotopic (exact) mass is 436 g/mol. The van der Waals surface area contributed by atoms with Crippen molar-refractivity contribution in [1.29, 1.82) is 0 Å². The van der Waals surface area contributed by atoms with E-state index in [1.165, 1.54) is 12.1 Å². The van der Waals surface area contributed by atoms with Gasteiger partial charge in [-0.3, -0.25) is 0 Å². The van der Waals surface area contributed by atoms with Crippen molar-refractivity contribution in [3.05, 3.63) is 83.1 Å². The number of hydrogen-bond donors (Lipinski definition) is 0. The van der Waals surface area contributed by atoms with Crippen LogP contribution in [0.4, 0.5) is 14.5 Å². The van der Waals surface area contributed by atoms with E-state index in [2.05, 4.69) is 29.0 Å². The third-order valence-corrected chi connectivity index (χ3v) is 4.67. The molecule has 0 radical (unpaired) electrons. The summed E-state index contributed by atoms with van der Waals surface area (Å²) in [6.07, 6.45) is 8.12. The lowest BCUT2D eigenvalue weighted by molar-refractivity contribution is 0.309. The predicted molar refractivity (Wildman–Crippen MR) is 126 cm³/mol. The van der Waals surface area contributed by atoms with Crippen molar-refractivity contribution >= 4 is 5.69 Å². The second-order valence-electron chi connectivity index (χ2n) is 7.31. The molecule has 0 amide bonds. The largest absolute Gasteiger partial charge is 0.494 e. The van der Waals surface area contributed by atoms with Gasteiger partial charge >= 0.3 is 0 Å². The number of ether oxygens (including phenoxy) is 1. The van der Waals surface area contributed by atoms with Gasteiger partial charge in [0.25, 0.3) is 0 Å². The number of rotatable bonds is 9. The topological polar surface area (TPSA) is 34.0 Å². The number of unbranched alkanes of at least 4 members (excludes halogenated alkanes) is 1. The van der Waals surface area contributed by atoms with Gasteiger partial charge in [0.15, 0.2) is 0 Å². The number of allylic oxidation sites excluding steroid dienone is 3. The van der Waals surface area contributed by atoms with E-state index >= 15 is 0 Å². The summed E-state index contributed by atoms with van der Waals surface area (Å²) >= 11 is 0. The summed E-state index contributed by atoms with van der Waals surface area (Å²) in [7, 11) is 0. The van der Waals surface area contributed by atoms with Crippen LogP contribution in [0.25, 0.3) is 0 Å². The number of azo groups is 1. The summed E-state index contributed by atoms with van der Waals surface area (Å²) in [5.41, 5.74) is 1.79. The van der Waals surface area contributed by atoms with Gasteiger partial charge in [-0.1, -0.05) is 44.3 Å². The van der Waals surface area contributed by atoms with Gasteiger partial charge in [-0.05, 0) is 74.7 Å². The standard InChI is InChI=1S/C27H30F2N2O/c1-5-8-17-32-24-14-12-23(13-15-24)31-30-22(7-3)11-9-20(4)10-16-25-26(28)18-21(6-2)19-27(25)29/h7,9,11-15,18-20H,5-6,8,17H2,1-4H3/b11-9-,22-7+,31-30?. The van der Waals surface area contributed by atoms with E-state index in [-0.39, 0.29) is 11.5 Å². The number of halogens is 2. The molecule has 0 saturated heterocycles. The fourth-order valence-electron chi connectivity index (χ4n) is 2.67. The van der Waals surface area contributed by atoms with E-state index in [0.29, 0.717) is 24.3 Å². The second kappa shape index (κ2) is 13.2. The zero-order valence-electron chi connectivity index (χ0n) is 19.2. The molecule has 0 spiro atoms. The van der Waals surface area contributed by atoms with Crippen LogP contribution in [-0.4, -0.2) is 6.61 Å². The van der Waals surface area contributed by atoms with E-state index in [9.17, 15) is 8.78 Å². The summed E-state index contributed by atoms with van der Waals surface area (Å²) in [6, 6.07) is 10.1. The number of hydrogen-bond acceptors (Lipinski definition) is 3. The molecule has 0 aliphatic heterocycles. The summed E-state index contributed by atoms with van der Waals surface area (Å²) in [5.74, 6) is 4.82. The minimum Gasteiger partial charge on any atom is -0.494 e. The van der Waals surface area contributed by atoms with E-state index in [1.807, 2.05) is 57.2 Å². The molecule has 5 heteroatoms. The second-order valence-corrected chi connectivity index (χ2v) is 7.31. The van der Waals surface area contributed by atoms with Crippen LogP contribution in [0.1, 0.15) is 51.7 Å². The first kappa shape index (κ1) is 25.0. The molecule has 2 aromatic rings. The molecule has 0 fully saturated rings. The van der Waals surface area contributed by atoms with Gasteiger partial charge in [-0.2, -0.15) is 10.2 Å². The van der Waals surface area contributed by atoms with Gasteiger partial charge in [0.2, 0.25) is 0 Å². The molecule has 0 heterocycles. The lowest BCUT2D eigenvalue weighted by Crippen LogP contribution is -1.95. The highest BCUT2D eigenvalue weighted by Gasteiger charge is 2.08. The summed E-state index contributed by atoms with van der Waals surface area (Å²) < 4.78 is 33.8. The summed E-state index contributed by atoms with van der Waals surface area (Å²) in [5, 5.41) is 8.49. The fourth-order valence-corrected chi connectivity index (χ4v) is 2.67. The third kappa shape index (κ3) is 8.11. The Morgan fingerprint density at radius 1 is 1.12 bits per heavy atom. The lowest BCUT2D eigenvalue weighted by Gasteiger charge is -2.04. The smallest absolute Gasteiger partial charge is 0.142 e. The molecule has 1 unspecified atom stereocenters. The fraction of sp³-hybridized carbons (Fsp3) is 0.333. The molecule has 2 aromatic carbocycles. The van der Waals surface area contributed by atoms with Crippen LogP contribution < -0.4 is 4.74 Å². The maximum atomic E-state index is 14.1. The normalized spacial score (nSPS) is 12.8. The lowest BCUT2D eigenvalue weighted by atomic mass is 10.1. The van der Waals surface area contributed by atoms with Crippen LogP contribution in [0.15, 0.2) is 70.6 Å². The number of nitrogens with zero attached hydrogens (tertiary/aromatic N) is 2. The molecule has 0 aliphatic carbocycles. The van der Waals surface area contributed by atoms with Crippen LogP contribution in [-0.2, 0) is 6.42 Å². The Morgan fingerprint density at radius 2 is 1.81 bits per heavy atom. The summed E-state index contributed by atoms with van der Waals surface area (Å²) in [4.78, 5) is 0. The Hall–Kier alpha value is -3.26. The Bertz CT molecular complexity index is 1000. The predicted octanol–water partition coefficient (Wildman–Crippen LogP) is 7.94. The zero-order valence-corrected chi connectivity index (χ0v) is 19.2. The molecule has 0 aromatic heterocycles. The minimum absolute atomic E-state index is 0.199. The van der Waals surface area contributed by atoms with Crippen molar-refractivity contribution in [2.24, 2.45) is 16.1 Å². The van der Waals surface area contributed by atoms with E-state index in [1.54, 1.807) is 6.08 Å². The van der Waals surface area contributed by atoms with Crippen LogP contribution in [0.2, 0.25) is 0 Å². The molecule has 32 heavy (non-hydrogen) atoms. The molecule has 0 saturated carbocycles. The first-order valence-corrected chi connectivity index (χ1v) is 10.9. The van der Waals surface area contributed by atoms with Crippen LogP contribution >= 0.6 is 0 Å². The van der Waals surface area contributed by atoms with E-state index in [0.717, 1.165) is 24.3 Å². The molecule has 1 atom stereocenters. The highest BCUT2D eigenvalue weighted by atomic mass is 19.1. The van der Waals surface area contributed by atoms with Gasteiger partial charge in [-0.15, -0.1) is 0 Å². The summed E-state index contributed by atoms with van der Waals surface area (Å²) in [6.45, 7) is 8.38. The molecule has 2 rings (SSSR count). The van der Waals surface area contributed by atoms with E-state index < -0.39 is 11.6 Å². The van der Waals surface area contributed by atoms with Gasteiger partial charge in [0, 0.05) is 5.92 Å². The zero-order chi connectivity index (χ0) is 23.3. The van der Waals surface area contributed by atoms with Gasteiger partial charge in [0.05, 0.1) is 23.6 Å². The van der Waals surface area contributed by atoms with Crippen molar-refractivity contribution in [3.8, 4) is 17.6 Å². The van der Waals surface area contributed by atoms with Crippen LogP contribution in [0, 0.1) is 29.4 Å². The molecule has 168 valence electrons. The average molecular weight is 437 g/mol. The number of benzene rings is 2. The van der Waals surface area contributed by atoms with Gasteiger partial charge < -0.3 is 4.74 Å². The Labute approximate surface area is 189 Å². The first-order chi connectivity index (χ1) is 15.5. The van der Waals surface area contributed by atoms with Gasteiger partial charge in [0.1, 0.15) is 17.4 Å². The Kier molecular flexibility index (Phi) is 10.3.